The summed E-state index contributed by atoms with van der Waals surface area (Å²) >= 11 is 0. The number of aromatic nitrogens is 1. The Bertz CT molecular complexity index is 2100. The number of hydrogen-bond acceptors (Lipinski definition) is 13. The Balaban J connectivity index is 0.000000954. The topological polar surface area (TPSA) is 228 Å². The lowest BCUT2D eigenvalue weighted by atomic mass is 9.77. The number of carbonyl (C=O) groups excluding carboxylic acids is 4. The van der Waals surface area contributed by atoms with Crippen molar-refractivity contribution in [3.8, 4) is 5.88 Å². The van der Waals surface area contributed by atoms with Gasteiger partial charge in [-0.25, -0.2) is 36.6 Å². The predicted molar refractivity (Wildman–Crippen MR) is 209 cm³/mol. The molecular formula is C38H54F4N4O12S2. The fraction of sp³-hybridized carbons (Fsp3) is 0.658. The molecule has 5 atom stereocenters. The van der Waals surface area contributed by atoms with Crippen molar-refractivity contribution in [2.45, 2.75) is 118 Å². The van der Waals surface area contributed by atoms with Gasteiger partial charge in [0, 0.05) is 24.4 Å². The van der Waals surface area contributed by atoms with Gasteiger partial charge in [0.15, 0.2) is 5.78 Å². The summed E-state index contributed by atoms with van der Waals surface area (Å²) in [7, 11) is -9.07. The third kappa shape index (κ3) is 14.9. The number of alkyl halides is 4. The minimum Gasteiger partial charge on any atom is -0.472 e. The van der Waals surface area contributed by atoms with Crippen molar-refractivity contribution in [2.75, 3.05) is 19.8 Å². The molecule has 0 spiro atoms. The number of aryl methyl sites for hydroxylation is 1. The number of nitrogens with zero attached hydrogens (tertiary/aromatic N) is 2. The molecule has 22 heteroatoms. The zero-order chi connectivity index (χ0) is 45.6. The number of ether oxygens (including phenoxy) is 2. The van der Waals surface area contributed by atoms with Crippen LogP contribution < -0.4 is 14.6 Å². The Kier molecular flexibility index (Phi) is 16.6. The van der Waals surface area contributed by atoms with Crippen LogP contribution >= 0.6 is 0 Å². The summed E-state index contributed by atoms with van der Waals surface area (Å²) in [6, 6.07) is 6.54. The fourth-order valence-corrected chi connectivity index (χ4v) is 7.98. The van der Waals surface area contributed by atoms with Gasteiger partial charge in [-0.05, 0) is 63.0 Å². The maximum absolute atomic E-state index is 14.5. The highest BCUT2D eigenvalue weighted by molar-refractivity contribution is 7.85. The van der Waals surface area contributed by atoms with Gasteiger partial charge in [0.05, 0.1) is 30.3 Å². The number of fused-ring (bicyclic) bond motifs is 1. The smallest absolute Gasteiger partial charge is 0.362 e. The lowest BCUT2D eigenvalue weighted by molar-refractivity contribution is -0.161. The number of nitrogens with two attached hydrogens (primary N) is 1. The van der Waals surface area contributed by atoms with Gasteiger partial charge >= 0.3 is 26.6 Å². The SMILES string of the molecule is CC[C@@H]1C[C@]1(CC(=O)[C@@H]1C[C@@H](Oc2nccc3cc(C)ccc23)CN1C(=O)[C@@H](CC(=O)OC(C)(C)C)C(C)(C)C)C(=O)NS(=O)(=O)OCC(F)F.NS(=O)(=O)OCC(F)F. The molecule has 0 unspecified atom stereocenters. The van der Waals surface area contributed by atoms with Crippen molar-refractivity contribution in [1.29, 1.82) is 0 Å². The summed E-state index contributed by atoms with van der Waals surface area (Å²) in [5, 5.41) is 5.83. The number of ketones is 1. The van der Waals surface area contributed by atoms with Gasteiger partial charge < -0.3 is 14.4 Å². The van der Waals surface area contributed by atoms with Crippen LogP contribution in [-0.2, 0) is 52.9 Å². The van der Waals surface area contributed by atoms with Crippen LogP contribution in [0.1, 0.15) is 86.1 Å². The molecule has 16 nitrogen and oxygen atoms in total. The van der Waals surface area contributed by atoms with E-state index in [1.54, 1.807) is 38.6 Å². The molecule has 1 saturated heterocycles. The molecule has 4 rings (SSSR count). The maximum atomic E-state index is 14.5. The Labute approximate surface area is 347 Å². The number of Topliss-reactive ketones (excluding diaryl/α,β-unsaturated/α-hetero) is 1. The first-order chi connectivity index (χ1) is 27.5. The molecule has 0 radical (unpaired) electrons. The molecule has 60 heavy (non-hydrogen) atoms. The second-order valence-electron chi connectivity index (χ2n) is 16.9. The standard InChI is InChI=1S/C36H49F2N3O9S.C2H5F2NO3S/c1-9-23-17-36(23,33(45)40-51(46,47)48-20-29(37)38)18-28(42)27-15-24(49-31-25-11-10-21(2)14-22(25)12-13-39-31)19-41(27)32(44)26(34(3,4)5)16-30(43)50-35(6,7)8;3-2(4)1-8-9(5,6)7/h10-14,23-24,26-27,29H,9,15-20H2,1-8H3,(H,40,45);2H,1H2,(H2,5,6,7)/t23-,24-,26-,27+,36-;/m1./s1. The van der Waals surface area contributed by atoms with Crippen LogP contribution in [-0.4, -0.2) is 101 Å². The number of hydrogen-bond donors (Lipinski definition) is 2. The van der Waals surface area contributed by atoms with Crippen LogP contribution in [0.3, 0.4) is 0 Å². The first-order valence-corrected chi connectivity index (χ1v) is 21.9. The first-order valence-electron chi connectivity index (χ1n) is 19.0. The molecule has 1 aliphatic carbocycles. The third-order valence-corrected chi connectivity index (χ3v) is 11.2. The second-order valence-corrected chi connectivity index (χ2v) is 19.4. The number of likely N-dealkylation sites (tertiary alicyclic amines) is 1. The van der Waals surface area contributed by atoms with Crippen LogP contribution in [0.4, 0.5) is 17.6 Å². The number of amides is 2. The van der Waals surface area contributed by atoms with Crippen LogP contribution in [0.2, 0.25) is 0 Å². The maximum Gasteiger partial charge on any atom is 0.362 e. The average Bonchev–Trinajstić information content (AvgIpc) is 3.66. The van der Waals surface area contributed by atoms with Crippen LogP contribution in [0.15, 0.2) is 30.5 Å². The zero-order valence-electron chi connectivity index (χ0n) is 34.7. The van der Waals surface area contributed by atoms with Crippen molar-refractivity contribution in [3.63, 3.8) is 0 Å². The molecule has 1 saturated carbocycles. The largest absolute Gasteiger partial charge is 0.472 e. The van der Waals surface area contributed by atoms with E-state index < -0.39 is 111 Å². The molecule has 3 N–H and O–H groups in total. The van der Waals surface area contributed by atoms with Crippen molar-refractivity contribution in [1.82, 2.24) is 14.6 Å². The molecule has 1 aromatic heterocycles. The van der Waals surface area contributed by atoms with Crippen LogP contribution in [0.25, 0.3) is 10.8 Å². The lowest BCUT2D eigenvalue weighted by Gasteiger charge is -2.35. The van der Waals surface area contributed by atoms with E-state index in [0.717, 1.165) is 16.3 Å². The molecule has 2 fully saturated rings. The number of halogens is 4. The van der Waals surface area contributed by atoms with E-state index in [-0.39, 0.29) is 31.7 Å². The third-order valence-electron chi connectivity index (χ3n) is 9.81. The Morgan fingerprint density at radius 1 is 0.983 bits per heavy atom. The van der Waals surface area contributed by atoms with E-state index in [2.05, 4.69) is 18.5 Å². The van der Waals surface area contributed by atoms with Gasteiger partial charge in [-0.2, -0.15) is 16.8 Å². The number of nitrogens with one attached hydrogen (secondary N) is 1. The fourth-order valence-electron chi connectivity index (χ4n) is 6.92. The summed E-state index contributed by atoms with van der Waals surface area (Å²) in [4.78, 5) is 60.9. The minimum atomic E-state index is -4.87. The van der Waals surface area contributed by atoms with E-state index in [9.17, 15) is 53.6 Å². The van der Waals surface area contributed by atoms with E-state index >= 15 is 0 Å². The van der Waals surface area contributed by atoms with Crippen molar-refractivity contribution in [3.05, 3.63) is 36.0 Å². The van der Waals surface area contributed by atoms with E-state index in [1.807, 2.05) is 52.0 Å². The van der Waals surface area contributed by atoms with E-state index in [4.69, 9.17) is 9.47 Å². The average molecular weight is 899 g/mol. The normalized spacial score (nSPS) is 21.3. The predicted octanol–water partition coefficient (Wildman–Crippen LogP) is 4.78. The molecular weight excluding hydrogens is 845 g/mol. The zero-order valence-corrected chi connectivity index (χ0v) is 36.3. The summed E-state index contributed by atoms with van der Waals surface area (Å²) in [5.41, 5.74) is -1.93. The summed E-state index contributed by atoms with van der Waals surface area (Å²) in [6.07, 6.45) is -5.00. The van der Waals surface area contributed by atoms with Crippen molar-refractivity contribution in [2.24, 2.45) is 27.8 Å². The van der Waals surface area contributed by atoms with E-state index in [0.29, 0.717) is 12.3 Å². The molecule has 338 valence electrons. The molecule has 2 heterocycles. The highest BCUT2D eigenvalue weighted by Crippen LogP contribution is 2.58. The molecule has 2 aliphatic rings. The van der Waals surface area contributed by atoms with Crippen molar-refractivity contribution >= 4 is 54.9 Å². The first kappa shape index (κ1) is 50.4. The van der Waals surface area contributed by atoms with Crippen LogP contribution in [0.5, 0.6) is 5.88 Å². The second kappa shape index (κ2) is 19.8. The Hall–Kier alpha value is -3.99. The van der Waals surface area contributed by atoms with Gasteiger partial charge in [0.25, 0.3) is 12.9 Å². The number of carbonyl (C=O) groups is 4. The van der Waals surface area contributed by atoms with Gasteiger partial charge in [0.1, 0.15) is 24.9 Å². The highest BCUT2D eigenvalue weighted by Gasteiger charge is 2.61. The molecule has 2 amide bonds. The van der Waals surface area contributed by atoms with Gasteiger partial charge in [-0.1, -0.05) is 51.8 Å². The molecule has 0 bridgehead atoms. The van der Waals surface area contributed by atoms with Crippen molar-refractivity contribution < 1.29 is 71.4 Å². The lowest BCUT2D eigenvalue weighted by Crippen LogP contribution is -2.49. The monoisotopic (exact) mass is 898 g/mol. The molecule has 1 aliphatic heterocycles. The van der Waals surface area contributed by atoms with Gasteiger partial charge in [-0.15, -0.1) is 0 Å². The number of pyridine rings is 1. The minimum absolute atomic E-state index is 0.0215. The summed E-state index contributed by atoms with van der Waals surface area (Å²) in [5.74, 6) is -3.52. The number of benzene rings is 1. The van der Waals surface area contributed by atoms with Crippen LogP contribution in [0, 0.1) is 29.6 Å². The highest BCUT2D eigenvalue weighted by atomic mass is 32.2. The molecule has 2 aromatic rings. The quantitative estimate of drug-likeness (QED) is 0.161. The number of esters is 1. The van der Waals surface area contributed by atoms with E-state index in [1.165, 1.54) is 4.90 Å². The Morgan fingerprint density at radius 2 is 1.60 bits per heavy atom. The molecule has 1 aromatic carbocycles. The summed E-state index contributed by atoms with van der Waals surface area (Å²) in [6.45, 7) is 11.7. The van der Waals surface area contributed by atoms with Gasteiger partial charge in [-0.3, -0.25) is 23.4 Å². The van der Waals surface area contributed by atoms with Gasteiger partial charge in [0.2, 0.25) is 17.7 Å². The summed E-state index contributed by atoms with van der Waals surface area (Å²) < 4.78 is 113. The Morgan fingerprint density at radius 3 is 2.12 bits per heavy atom. The number of rotatable bonds is 17.